The fourth-order valence-corrected chi connectivity index (χ4v) is 3.69. The van der Waals surface area contributed by atoms with Gasteiger partial charge in [0.05, 0.1) is 36.7 Å². The second kappa shape index (κ2) is 7.33. The van der Waals surface area contributed by atoms with Crippen molar-refractivity contribution in [3.63, 3.8) is 0 Å². The molecule has 2 atom stereocenters. The number of rotatable bonds is 1. The summed E-state index contributed by atoms with van der Waals surface area (Å²) in [7, 11) is 0. The SMILES string of the molecule is C=C1N[C@H](C(F)F)COc2ncc(F)cc2CN2c3nc4c1cnn4cc3OC[C@H]2C. The first-order chi connectivity index (χ1) is 14.9. The molecule has 0 amide bonds. The predicted molar refractivity (Wildman–Crippen MR) is 106 cm³/mol. The summed E-state index contributed by atoms with van der Waals surface area (Å²) in [6.45, 7) is 6.04. The Morgan fingerprint density at radius 3 is 2.90 bits per heavy atom. The summed E-state index contributed by atoms with van der Waals surface area (Å²) >= 11 is 0. The van der Waals surface area contributed by atoms with Gasteiger partial charge >= 0.3 is 0 Å². The molecule has 0 aromatic carbocycles. The molecule has 2 bridgehead atoms. The van der Waals surface area contributed by atoms with Crippen LogP contribution in [0, 0.1) is 5.82 Å². The lowest BCUT2D eigenvalue weighted by atomic mass is 10.2. The van der Waals surface area contributed by atoms with Crippen molar-refractivity contribution in [3.05, 3.63) is 48.2 Å². The van der Waals surface area contributed by atoms with E-state index in [4.69, 9.17) is 14.5 Å². The van der Waals surface area contributed by atoms with Crippen LogP contribution in [-0.4, -0.2) is 51.3 Å². The number of ether oxygens (including phenoxy) is 2. The molecule has 3 aromatic heterocycles. The minimum Gasteiger partial charge on any atom is -0.486 e. The predicted octanol–water partition coefficient (Wildman–Crippen LogP) is 2.64. The lowest BCUT2D eigenvalue weighted by Gasteiger charge is -2.35. The van der Waals surface area contributed by atoms with Crippen LogP contribution in [0.4, 0.5) is 19.0 Å². The Morgan fingerprint density at radius 2 is 2.10 bits per heavy atom. The summed E-state index contributed by atoms with van der Waals surface area (Å²) in [5.41, 5.74) is 1.57. The zero-order valence-corrected chi connectivity index (χ0v) is 16.6. The van der Waals surface area contributed by atoms with E-state index in [-0.39, 0.29) is 30.8 Å². The van der Waals surface area contributed by atoms with Gasteiger partial charge in [0.25, 0.3) is 6.43 Å². The smallest absolute Gasteiger partial charge is 0.261 e. The summed E-state index contributed by atoms with van der Waals surface area (Å²) in [6, 6.07) is -0.169. The van der Waals surface area contributed by atoms with Crippen LogP contribution in [0.25, 0.3) is 11.3 Å². The van der Waals surface area contributed by atoms with E-state index in [1.807, 2.05) is 11.8 Å². The van der Waals surface area contributed by atoms with Crippen molar-refractivity contribution in [1.82, 2.24) is 24.9 Å². The molecule has 1 N–H and O–H groups in total. The molecule has 0 aliphatic carbocycles. The molecular weight excluding hydrogens is 413 g/mol. The maximum atomic E-state index is 14.0. The van der Waals surface area contributed by atoms with Gasteiger partial charge in [0, 0.05) is 11.3 Å². The van der Waals surface area contributed by atoms with Crippen molar-refractivity contribution < 1.29 is 22.6 Å². The van der Waals surface area contributed by atoms with Crippen LogP contribution in [0.15, 0.2) is 31.2 Å². The highest BCUT2D eigenvalue weighted by Gasteiger charge is 2.30. The van der Waals surface area contributed by atoms with Gasteiger partial charge in [0.2, 0.25) is 5.88 Å². The normalized spacial score (nSPS) is 20.9. The Morgan fingerprint density at radius 1 is 1.26 bits per heavy atom. The number of fused-ring (bicyclic) bond motifs is 1. The third-order valence-corrected chi connectivity index (χ3v) is 5.35. The van der Waals surface area contributed by atoms with Crippen molar-refractivity contribution in [2.45, 2.75) is 32.0 Å². The molecular formula is C20H19F3N6O2. The molecule has 0 saturated heterocycles. The van der Waals surface area contributed by atoms with Gasteiger partial charge < -0.3 is 19.7 Å². The molecule has 11 heteroatoms. The number of hydrogen-bond donors (Lipinski definition) is 1. The summed E-state index contributed by atoms with van der Waals surface area (Å²) < 4.78 is 54.3. The lowest BCUT2D eigenvalue weighted by molar-refractivity contribution is 0.0779. The maximum absolute atomic E-state index is 14.0. The molecule has 2 aliphatic rings. The third-order valence-electron chi connectivity index (χ3n) is 5.35. The molecule has 0 unspecified atom stereocenters. The van der Waals surface area contributed by atoms with Gasteiger partial charge in [-0.1, -0.05) is 6.58 Å². The average molecular weight is 432 g/mol. The Balaban J connectivity index is 1.69. The van der Waals surface area contributed by atoms with Crippen LogP contribution < -0.4 is 19.7 Å². The molecule has 0 radical (unpaired) electrons. The van der Waals surface area contributed by atoms with Gasteiger partial charge in [0.15, 0.2) is 17.2 Å². The topological polar surface area (TPSA) is 76.8 Å². The molecule has 5 rings (SSSR count). The van der Waals surface area contributed by atoms with Crippen molar-refractivity contribution >= 4 is 17.2 Å². The number of pyridine rings is 1. The van der Waals surface area contributed by atoms with Crippen molar-refractivity contribution in [2.75, 3.05) is 18.1 Å². The second-order valence-electron chi connectivity index (χ2n) is 7.54. The minimum atomic E-state index is -2.74. The Hall–Kier alpha value is -3.50. The summed E-state index contributed by atoms with van der Waals surface area (Å²) in [6.07, 6.45) is 1.44. The summed E-state index contributed by atoms with van der Waals surface area (Å²) in [4.78, 5) is 10.6. The van der Waals surface area contributed by atoms with E-state index in [2.05, 4.69) is 22.0 Å². The van der Waals surface area contributed by atoms with E-state index in [0.29, 0.717) is 34.9 Å². The molecule has 8 nitrogen and oxygen atoms in total. The number of aromatic nitrogens is 4. The number of hydrogen-bond acceptors (Lipinski definition) is 7. The largest absolute Gasteiger partial charge is 0.486 e. The summed E-state index contributed by atoms with van der Waals surface area (Å²) in [5.74, 6) is 0.570. The number of nitrogens with one attached hydrogen (secondary N) is 1. The van der Waals surface area contributed by atoms with Gasteiger partial charge in [-0.05, 0) is 13.0 Å². The zero-order valence-electron chi connectivity index (χ0n) is 16.6. The van der Waals surface area contributed by atoms with Gasteiger partial charge in [-0.2, -0.15) is 5.10 Å². The van der Waals surface area contributed by atoms with Crippen LogP contribution in [0.1, 0.15) is 18.1 Å². The number of alkyl halides is 2. The van der Waals surface area contributed by atoms with Crippen molar-refractivity contribution in [3.8, 4) is 11.6 Å². The molecule has 5 heterocycles. The Labute approximate surface area is 175 Å². The second-order valence-corrected chi connectivity index (χ2v) is 7.54. The van der Waals surface area contributed by atoms with Crippen LogP contribution in [0.5, 0.6) is 11.6 Å². The van der Waals surface area contributed by atoms with Crippen molar-refractivity contribution in [1.29, 1.82) is 0 Å². The monoisotopic (exact) mass is 432 g/mol. The lowest BCUT2D eigenvalue weighted by Crippen LogP contribution is -2.41. The van der Waals surface area contributed by atoms with E-state index < -0.39 is 18.3 Å². The van der Waals surface area contributed by atoms with Crippen LogP contribution >= 0.6 is 0 Å². The van der Waals surface area contributed by atoms with Crippen LogP contribution in [-0.2, 0) is 6.54 Å². The van der Waals surface area contributed by atoms with E-state index in [1.54, 1.807) is 6.20 Å². The van der Waals surface area contributed by atoms with E-state index >= 15 is 0 Å². The molecule has 162 valence electrons. The fraction of sp³-hybridized carbons (Fsp3) is 0.350. The highest BCUT2D eigenvalue weighted by Crippen LogP contribution is 2.35. The average Bonchev–Trinajstić information content (AvgIpc) is 3.15. The van der Waals surface area contributed by atoms with Crippen LogP contribution in [0.2, 0.25) is 0 Å². The van der Waals surface area contributed by atoms with Gasteiger partial charge in [-0.3, -0.25) is 0 Å². The number of anilines is 1. The molecule has 0 saturated carbocycles. The van der Waals surface area contributed by atoms with Crippen LogP contribution in [0.3, 0.4) is 0 Å². The first-order valence-electron chi connectivity index (χ1n) is 9.69. The first kappa shape index (κ1) is 19.5. The minimum absolute atomic E-state index is 0.0861. The maximum Gasteiger partial charge on any atom is 0.261 e. The molecule has 31 heavy (non-hydrogen) atoms. The molecule has 3 aromatic rings. The van der Waals surface area contributed by atoms with E-state index in [1.165, 1.54) is 16.8 Å². The third kappa shape index (κ3) is 3.39. The van der Waals surface area contributed by atoms with E-state index in [9.17, 15) is 13.2 Å². The van der Waals surface area contributed by atoms with Gasteiger partial charge in [-0.15, -0.1) is 0 Å². The molecule has 2 aliphatic heterocycles. The zero-order chi connectivity index (χ0) is 21.7. The molecule has 0 fully saturated rings. The van der Waals surface area contributed by atoms with Gasteiger partial charge in [-0.25, -0.2) is 27.7 Å². The van der Waals surface area contributed by atoms with E-state index in [0.717, 1.165) is 6.20 Å². The molecule has 0 spiro atoms. The number of nitrogens with zero attached hydrogens (tertiary/aromatic N) is 5. The summed E-state index contributed by atoms with van der Waals surface area (Å²) in [5, 5.41) is 6.96. The quantitative estimate of drug-likeness (QED) is 0.634. The Bertz CT molecular complexity index is 1170. The standard InChI is InChI=1S/C20H19F3N6O2/c1-10-8-30-16-7-29-18-14(5-25-29)11(2)26-15(17(22)23)9-31-20-12(3-13(21)4-24-20)6-28(10)19(16)27-18/h3-5,7,10,15,17,26H,2,6,8-9H2,1H3/t10-,15+/m1/s1. The highest BCUT2D eigenvalue weighted by molar-refractivity contribution is 5.75. The first-order valence-corrected chi connectivity index (χ1v) is 9.69. The van der Waals surface area contributed by atoms with Gasteiger partial charge in [0.1, 0.15) is 25.1 Å². The fourth-order valence-electron chi connectivity index (χ4n) is 3.69. The highest BCUT2D eigenvalue weighted by atomic mass is 19.3. The Kier molecular flexibility index (Phi) is 4.60. The number of halogens is 3. The van der Waals surface area contributed by atoms with Crippen molar-refractivity contribution in [2.24, 2.45) is 0 Å².